The van der Waals surface area contributed by atoms with E-state index < -0.39 is 0 Å². The third-order valence-electron chi connectivity index (χ3n) is 2.00. The number of halogens is 1. The van der Waals surface area contributed by atoms with Crippen molar-refractivity contribution in [2.24, 2.45) is 0 Å². The summed E-state index contributed by atoms with van der Waals surface area (Å²) < 4.78 is 10.4. The van der Waals surface area contributed by atoms with Crippen molar-refractivity contribution in [1.29, 1.82) is 0 Å². The van der Waals surface area contributed by atoms with Crippen LogP contribution in [0.2, 0.25) is 0 Å². The maximum absolute atomic E-state index is 9.09. The van der Waals surface area contributed by atoms with Gasteiger partial charge in [0.1, 0.15) is 0 Å². The highest BCUT2D eigenvalue weighted by atomic mass is 79.9. The summed E-state index contributed by atoms with van der Waals surface area (Å²) in [6, 6.07) is 3.74. The van der Waals surface area contributed by atoms with Crippen molar-refractivity contribution >= 4 is 15.9 Å². The zero-order valence-corrected chi connectivity index (χ0v) is 9.80. The Hall–Kier alpha value is -0.740. The summed E-state index contributed by atoms with van der Waals surface area (Å²) in [6.07, 6.45) is 0. The molecule has 0 bridgehead atoms. The molecule has 0 aliphatic heterocycles. The number of methoxy groups -OCH3 is 2. The summed E-state index contributed by atoms with van der Waals surface area (Å²) in [5.74, 6) is 1.28. The lowest BCUT2D eigenvalue weighted by Gasteiger charge is -2.14. The molecule has 78 valence electrons. The molecule has 0 radical (unpaired) electrons. The normalized spacial score (nSPS) is 10.0. The first-order chi connectivity index (χ1) is 6.78. The van der Waals surface area contributed by atoms with Gasteiger partial charge in [-0.25, -0.2) is 0 Å². The van der Waals surface area contributed by atoms with E-state index >= 15 is 0 Å². The van der Waals surface area contributed by atoms with Crippen LogP contribution in [0.25, 0.3) is 0 Å². The van der Waals surface area contributed by atoms with E-state index in [9.17, 15) is 0 Å². The average Bonchev–Trinajstić information content (AvgIpc) is 2.26. The van der Waals surface area contributed by atoms with E-state index in [-0.39, 0.29) is 6.61 Å². The van der Waals surface area contributed by atoms with Gasteiger partial charge in [0.2, 0.25) is 0 Å². The van der Waals surface area contributed by atoms with Gasteiger partial charge in [-0.1, -0.05) is 28.1 Å². The Balaban J connectivity index is 3.28. The van der Waals surface area contributed by atoms with Gasteiger partial charge in [-0.2, -0.15) is 0 Å². The molecule has 4 heteroatoms. The van der Waals surface area contributed by atoms with E-state index in [4.69, 9.17) is 14.6 Å². The van der Waals surface area contributed by atoms with Crippen LogP contribution in [-0.2, 0) is 11.9 Å². The third-order valence-corrected chi connectivity index (χ3v) is 2.60. The Kier molecular flexibility index (Phi) is 4.22. The van der Waals surface area contributed by atoms with E-state index in [2.05, 4.69) is 15.9 Å². The molecule has 0 amide bonds. The van der Waals surface area contributed by atoms with Crippen molar-refractivity contribution < 1.29 is 14.6 Å². The highest BCUT2D eigenvalue weighted by Crippen LogP contribution is 2.35. The predicted octanol–water partition coefficient (Wildman–Crippen LogP) is 2.09. The maximum atomic E-state index is 9.09. The van der Waals surface area contributed by atoms with Crippen molar-refractivity contribution in [1.82, 2.24) is 0 Å². The SMILES string of the molecule is COc1c(CO)ccc(CBr)c1OC. The predicted molar refractivity (Wildman–Crippen MR) is 58.1 cm³/mol. The monoisotopic (exact) mass is 260 g/mol. The first-order valence-corrected chi connectivity index (χ1v) is 5.30. The number of aliphatic hydroxyl groups is 1. The van der Waals surface area contributed by atoms with Crippen LogP contribution in [0.5, 0.6) is 11.5 Å². The van der Waals surface area contributed by atoms with Gasteiger partial charge in [-0.3, -0.25) is 0 Å². The lowest BCUT2D eigenvalue weighted by Crippen LogP contribution is -1.98. The Labute approximate surface area is 91.8 Å². The number of benzene rings is 1. The molecule has 0 spiro atoms. The van der Waals surface area contributed by atoms with Crippen molar-refractivity contribution in [3.8, 4) is 11.5 Å². The molecule has 3 nitrogen and oxygen atoms in total. The Morgan fingerprint density at radius 2 is 1.64 bits per heavy atom. The molecule has 0 aliphatic carbocycles. The second kappa shape index (κ2) is 5.22. The fourth-order valence-corrected chi connectivity index (χ4v) is 1.76. The zero-order chi connectivity index (χ0) is 10.6. The third kappa shape index (κ3) is 2.01. The first-order valence-electron chi connectivity index (χ1n) is 4.18. The second-order valence-corrected chi connectivity index (χ2v) is 3.30. The second-order valence-electron chi connectivity index (χ2n) is 2.74. The molecule has 0 fully saturated rings. The summed E-state index contributed by atoms with van der Waals surface area (Å²) in [7, 11) is 3.15. The van der Waals surface area contributed by atoms with Gasteiger partial charge in [0.05, 0.1) is 20.8 Å². The van der Waals surface area contributed by atoms with Gasteiger partial charge >= 0.3 is 0 Å². The van der Waals surface area contributed by atoms with E-state index in [1.54, 1.807) is 14.2 Å². The molecular formula is C10H13BrO3. The van der Waals surface area contributed by atoms with Crippen LogP contribution in [0.1, 0.15) is 11.1 Å². The minimum absolute atomic E-state index is 0.0535. The lowest BCUT2D eigenvalue weighted by atomic mass is 10.1. The molecule has 0 heterocycles. The minimum Gasteiger partial charge on any atom is -0.493 e. The molecule has 0 aliphatic rings. The van der Waals surface area contributed by atoms with Crippen molar-refractivity contribution in [2.45, 2.75) is 11.9 Å². The van der Waals surface area contributed by atoms with Crippen LogP contribution in [0, 0.1) is 0 Å². The molecule has 1 rings (SSSR count). The number of aliphatic hydroxyl groups excluding tert-OH is 1. The van der Waals surface area contributed by atoms with Crippen LogP contribution in [-0.4, -0.2) is 19.3 Å². The van der Waals surface area contributed by atoms with E-state index in [0.29, 0.717) is 16.8 Å². The largest absolute Gasteiger partial charge is 0.493 e. The van der Waals surface area contributed by atoms with Gasteiger partial charge in [0, 0.05) is 16.5 Å². The van der Waals surface area contributed by atoms with E-state index in [1.165, 1.54) is 0 Å². The molecule has 0 unspecified atom stereocenters. The quantitative estimate of drug-likeness (QED) is 0.843. The number of ether oxygens (including phenoxy) is 2. The fraction of sp³-hybridized carbons (Fsp3) is 0.400. The first kappa shape index (κ1) is 11.3. The van der Waals surface area contributed by atoms with Gasteiger partial charge in [0.25, 0.3) is 0 Å². The number of rotatable bonds is 4. The topological polar surface area (TPSA) is 38.7 Å². The summed E-state index contributed by atoms with van der Waals surface area (Å²) >= 11 is 3.36. The highest BCUT2D eigenvalue weighted by Gasteiger charge is 2.13. The van der Waals surface area contributed by atoms with Gasteiger partial charge in [-0.05, 0) is 0 Å². The fourth-order valence-electron chi connectivity index (χ4n) is 1.32. The molecular weight excluding hydrogens is 248 g/mol. The number of alkyl halides is 1. The highest BCUT2D eigenvalue weighted by molar-refractivity contribution is 9.08. The standard InChI is InChI=1S/C10H13BrO3/c1-13-9-7(5-11)3-4-8(6-12)10(9)14-2/h3-4,12H,5-6H2,1-2H3. The molecule has 0 saturated carbocycles. The van der Waals surface area contributed by atoms with Gasteiger partial charge in [0.15, 0.2) is 11.5 Å². The van der Waals surface area contributed by atoms with Crippen LogP contribution in [0.3, 0.4) is 0 Å². The van der Waals surface area contributed by atoms with E-state index in [0.717, 1.165) is 11.1 Å². The molecule has 0 aromatic heterocycles. The molecule has 0 atom stereocenters. The zero-order valence-electron chi connectivity index (χ0n) is 8.21. The van der Waals surface area contributed by atoms with Crippen molar-refractivity contribution in [3.05, 3.63) is 23.3 Å². The van der Waals surface area contributed by atoms with E-state index in [1.807, 2.05) is 12.1 Å². The van der Waals surface area contributed by atoms with Crippen LogP contribution < -0.4 is 9.47 Å². The molecule has 14 heavy (non-hydrogen) atoms. The molecule has 1 aromatic rings. The lowest BCUT2D eigenvalue weighted by molar-refractivity contribution is 0.269. The van der Waals surface area contributed by atoms with Crippen molar-refractivity contribution in [3.63, 3.8) is 0 Å². The minimum atomic E-state index is -0.0535. The smallest absolute Gasteiger partial charge is 0.166 e. The Bertz CT molecular complexity index is 281. The molecule has 1 aromatic carbocycles. The molecule has 1 N–H and O–H groups in total. The maximum Gasteiger partial charge on any atom is 0.166 e. The Morgan fingerprint density at radius 3 is 2.07 bits per heavy atom. The summed E-state index contributed by atoms with van der Waals surface area (Å²) in [5, 5.41) is 9.78. The summed E-state index contributed by atoms with van der Waals surface area (Å²) in [5.41, 5.74) is 1.73. The number of hydrogen-bond acceptors (Lipinski definition) is 3. The number of hydrogen-bond donors (Lipinski definition) is 1. The molecule has 0 saturated heterocycles. The average molecular weight is 261 g/mol. The van der Waals surface area contributed by atoms with Gasteiger partial charge in [-0.15, -0.1) is 0 Å². The van der Waals surface area contributed by atoms with Crippen LogP contribution in [0.15, 0.2) is 12.1 Å². The summed E-state index contributed by atoms with van der Waals surface area (Å²) in [4.78, 5) is 0. The van der Waals surface area contributed by atoms with Crippen LogP contribution >= 0.6 is 15.9 Å². The van der Waals surface area contributed by atoms with Gasteiger partial charge < -0.3 is 14.6 Å². The summed E-state index contributed by atoms with van der Waals surface area (Å²) in [6.45, 7) is -0.0535. The Morgan fingerprint density at radius 1 is 1.14 bits per heavy atom. The van der Waals surface area contributed by atoms with Crippen molar-refractivity contribution in [2.75, 3.05) is 14.2 Å². The van der Waals surface area contributed by atoms with Crippen LogP contribution in [0.4, 0.5) is 0 Å².